The summed E-state index contributed by atoms with van der Waals surface area (Å²) in [4.78, 5) is 0. The molecule has 0 saturated heterocycles. The average molecular weight is 447 g/mol. The first-order valence-electron chi connectivity index (χ1n) is 10.3. The normalized spacial score (nSPS) is 13.2. The first-order chi connectivity index (χ1) is 15.4. The maximum Gasteiger partial charge on any atom is 0.164 e. The second kappa shape index (κ2) is 11.5. The van der Waals surface area contributed by atoms with E-state index in [-0.39, 0.29) is 18.4 Å². The van der Waals surface area contributed by atoms with Crippen LogP contribution in [0.15, 0.2) is 29.8 Å². The molecule has 0 heterocycles. The van der Waals surface area contributed by atoms with E-state index in [0.29, 0.717) is 34.5 Å². The van der Waals surface area contributed by atoms with E-state index in [4.69, 9.17) is 28.4 Å². The van der Waals surface area contributed by atoms with Crippen molar-refractivity contribution >= 4 is 6.08 Å². The molecule has 0 aliphatic heterocycles. The molecule has 7 nitrogen and oxygen atoms in total. The van der Waals surface area contributed by atoms with E-state index < -0.39 is 0 Å². The summed E-state index contributed by atoms with van der Waals surface area (Å²) in [5, 5.41) is 10.0. The number of ether oxygens (including phenoxy) is 6. The molecule has 0 amide bonds. The zero-order valence-corrected chi connectivity index (χ0v) is 20.1. The molecule has 0 aliphatic carbocycles. The van der Waals surface area contributed by atoms with Gasteiger partial charge in [-0.3, -0.25) is 0 Å². The summed E-state index contributed by atoms with van der Waals surface area (Å²) >= 11 is 0. The van der Waals surface area contributed by atoms with Gasteiger partial charge in [-0.05, 0) is 25.0 Å². The highest BCUT2D eigenvalue weighted by molar-refractivity contribution is 5.67. The maximum atomic E-state index is 10.0. The molecule has 0 unspecified atom stereocenters. The standard InChI is InChI=1S/C25H34O7/c1-15(9-17-10-21(29-5)23(31-7)12-19(17)27-3)25(16(2)14-26)18-11-22(30-6)24(32-8)13-20(18)28-4/h9-13,16,25-26H,14H2,1-8H3/b15-9+/t16-,25+/m0/s1. The van der Waals surface area contributed by atoms with Crippen LogP contribution in [0.5, 0.6) is 34.5 Å². The Balaban J connectivity index is 2.69. The summed E-state index contributed by atoms with van der Waals surface area (Å²) in [5.41, 5.74) is 2.72. The van der Waals surface area contributed by atoms with Gasteiger partial charge in [-0.1, -0.05) is 18.6 Å². The predicted molar refractivity (Wildman–Crippen MR) is 125 cm³/mol. The third-order valence-corrected chi connectivity index (χ3v) is 5.54. The maximum absolute atomic E-state index is 10.0. The quantitative estimate of drug-likeness (QED) is 0.542. The summed E-state index contributed by atoms with van der Waals surface area (Å²) in [6.45, 7) is 4.00. The van der Waals surface area contributed by atoms with Gasteiger partial charge in [0.25, 0.3) is 0 Å². The van der Waals surface area contributed by atoms with Gasteiger partial charge < -0.3 is 33.5 Å². The molecule has 32 heavy (non-hydrogen) atoms. The monoisotopic (exact) mass is 446 g/mol. The minimum Gasteiger partial charge on any atom is -0.496 e. The Labute approximate surface area is 190 Å². The van der Waals surface area contributed by atoms with Crippen LogP contribution in [-0.2, 0) is 0 Å². The van der Waals surface area contributed by atoms with Crippen LogP contribution in [0.3, 0.4) is 0 Å². The molecule has 0 aliphatic rings. The van der Waals surface area contributed by atoms with Gasteiger partial charge in [0.05, 0.1) is 42.7 Å². The fraction of sp³-hybridized carbons (Fsp3) is 0.440. The first-order valence-corrected chi connectivity index (χ1v) is 10.3. The molecule has 2 rings (SSSR count). The lowest BCUT2D eigenvalue weighted by Crippen LogP contribution is -2.16. The average Bonchev–Trinajstić information content (AvgIpc) is 2.82. The van der Waals surface area contributed by atoms with Crippen LogP contribution in [0.25, 0.3) is 6.08 Å². The highest BCUT2D eigenvalue weighted by Gasteiger charge is 2.26. The van der Waals surface area contributed by atoms with E-state index in [1.807, 2.05) is 32.1 Å². The fourth-order valence-electron chi connectivity index (χ4n) is 3.90. The Kier molecular flexibility index (Phi) is 9.08. The van der Waals surface area contributed by atoms with Crippen molar-refractivity contribution in [2.45, 2.75) is 19.8 Å². The molecule has 0 bridgehead atoms. The lowest BCUT2D eigenvalue weighted by molar-refractivity contribution is 0.223. The number of benzene rings is 2. The molecule has 0 saturated carbocycles. The smallest absolute Gasteiger partial charge is 0.164 e. The summed E-state index contributed by atoms with van der Waals surface area (Å²) in [6.07, 6.45) is 2.02. The Morgan fingerprint density at radius 2 is 1.16 bits per heavy atom. The van der Waals surface area contributed by atoms with E-state index in [2.05, 4.69) is 0 Å². The van der Waals surface area contributed by atoms with Gasteiger partial charge in [0.1, 0.15) is 11.5 Å². The zero-order valence-electron chi connectivity index (χ0n) is 20.1. The highest BCUT2D eigenvalue weighted by atomic mass is 16.5. The van der Waals surface area contributed by atoms with Crippen LogP contribution in [0.2, 0.25) is 0 Å². The van der Waals surface area contributed by atoms with Crippen molar-refractivity contribution < 1.29 is 33.5 Å². The van der Waals surface area contributed by atoms with Gasteiger partial charge in [0.2, 0.25) is 0 Å². The Bertz CT molecular complexity index is 936. The first kappa shape index (κ1) is 25.2. The number of hydrogen-bond donors (Lipinski definition) is 1. The predicted octanol–water partition coefficient (Wildman–Crippen LogP) is 4.55. The van der Waals surface area contributed by atoms with Crippen molar-refractivity contribution in [2.24, 2.45) is 5.92 Å². The van der Waals surface area contributed by atoms with Crippen molar-refractivity contribution in [2.75, 3.05) is 49.3 Å². The van der Waals surface area contributed by atoms with Crippen molar-refractivity contribution in [3.05, 3.63) is 41.0 Å². The van der Waals surface area contributed by atoms with Gasteiger partial charge in [-0.15, -0.1) is 0 Å². The minimum absolute atomic E-state index is 0.00356. The van der Waals surface area contributed by atoms with Gasteiger partial charge in [-0.2, -0.15) is 0 Å². The molecule has 0 aromatic heterocycles. The van der Waals surface area contributed by atoms with Crippen LogP contribution in [-0.4, -0.2) is 54.4 Å². The van der Waals surface area contributed by atoms with Crippen molar-refractivity contribution in [1.82, 2.24) is 0 Å². The molecular weight excluding hydrogens is 412 g/mol. The van der Waals surface area contributed by atoms with Crippen molar-refractivity contribution in [1.29, 1.82) is 0 Å². The summed E-state index contributed by atoms with van der Waals surface area (Å²) < 4.78 is 33.0. The number of aliphatic hydroxyl groups excluding tert-OH is 1. The van der Waals surface area contributed by atoms with E-state index in [1.54, 1.807) is 54.8 Å². The van der Waals surface area contributed by atoms with E-state index >= 15 is 0 Å². The molecule has 0 radical (unpaired) electrons. The summed E-state index contributed by atoms with van der Waals surface area (Å²) in [7, 11) is 9.58. The lowest BCUT2D eigenvalue weighted by atomic mass is 9.81. The Morgan fingerprint density at radius 1 is 0.719 bits per heavy atom. The highest BCUT2D eigenvalue weighted by Crippen LogP contribution is 2.44. The lowest BCUT2D eigenvalue weighted by Gasteiger charge is -2.27. The Morgan fingerprint density at radius 3 is 1.62 bits per heavy atom. The molecule has 2 aromatic rings. The van der Waals surface area contributed by atoms with Crippen LogP contribution in [0, 0.1) is 5.92 Å². The van der Waals surface area contributed by atoms with Gasteiger partial charge >= 0.3 is 0 Å². The second-order valence-electron chi connectivity index (χ2n) is 7.42. The van der Waals surface area contributed by atoms with Crippen LogP contribution < -0.4 is 28.4 Å². The number of hydrogen-bond acceptors (Lipinski definition) is 7. The number of methoxy groups -OCH3 is 6. The van der Waals surface area contributed by atoms with Gasteiger partial charge in [0.15, 0.2) is 23.0 Å². The number of aliphatic hydroxyl groups is 1. The van der Waals surface area contributed by atoms with Crippen LogP contribution in [0.4, 0.5) is 0 Å². The number of allylic oxidation sites excluding steroid dienone is 1. The third kappa shape index (κ3) is 5.22. The third-order valence-electron chi connectivity index (χ3n) is 5.54. The topological polar surface area (TPSA) is 75.6 Å². The fourth-order valence-corrected chi connectivity index (χ4v) is 3.90. The summed E-state index contributed by atoms with van der Waals surface area (Å²) in [5.74, 6) is 3.40. The molecule has 7 heteroatoms. The molecule has 0 spiro atoms. The van der Waals surface area contributed by atoms with E-state index in [0.717, 1.165) is 16.7 Å². The summed E-state index contributed by atoms with van der Waals surface area (Å²) in [6, 6.07) is 7.36. The second-order valence-corrected chi connectivity index (χ2v) is 7.42. The molecule has 1 N–H and O–H groups in total. The largest absolute Gasteiger partial charge is 0.496 e. The molecule has 2 aromatic carbocycles. The van der Waals surface area contributed by atoms with E-state index in [1.165, 1.54) is 0 Å². The van der Waals surface area contributed by atoms with Gasteiger partial charge in [-0.25, -0.2) is 0 Å². The van der Waals surface area contributed by atoms with Crippen LogP contribution in [0.1, 0.15) is 30.9 Å². The molecule has 0 fully saturated rings. The van der Waals surface area contributed by atoms with Crippen molar-refractivity contribution in [3.63, 3.8) is 0 Å². The molecular formula is C25H34O7. The number of rotatable bonds is 11. The van der Waals surface area contributed by atoms with E-state index in [9.17, 15) is 5.11 Å². The van der Waals surface area contributed by atoms with Gasteiger partial charge in [0, 0.05) is 35.8 Å². The van der Waals surface area contributed by atoms with Crippen molar-refractivity contribution in [3.8, 4) is 34.5 Å². The van der Waals surface area contributed by atoms with Crippen LogP contribution >= 0.6 is 0 Å². The zero-order chi connectivity index (χ0) is 23.8. The Hall–Kier alpha value is -3.06. The molecule has 2 atom stereocenters. The SMILES string of the molecule is COc1cc(OC)c(OC)cc1/C=C(\C)[C@@H](c1cc(OC)c(OC)cc1OC)[C@@H](C)CO. The minimum atomic E-state index is -0.160. The molecule has 176 valence electrons.